The lowest BCUT2D eigenvalue weighted by Crippen LogP contribution is -2.45. The lowest BCUT2D eigenvalue weighted by Gasteiger charge is -2.37. The predicted octanol–water partition coefficient (Wildman–Crippen LogP) is 2.97. The monoisotopic (exact) mass is 313 g/mol. The number of likely N-dealkylation sites (tertiary alicyclic amines) is 1. The SMILES string of the molecule is O=C1CCCN1C1CCN(c2ccc3ccc(F)cc3n2)CC1. The maximum Gasteiger partial charge on any atom is 0.222 e. The van der Waals surface area contributed by atoms with Crippen molar-refractivity contribution in [3.63, 3.8) is 0 Å². The number of benzene rings is 1. The van der Waals surface area contributed by atoms with Crippen LogP contribution >= 0.6 is 0 Å². The molecular weight excluding hydrogens is 293 g/mol. The second-order valence-electron chi connectivity index (χ2n) is 6.42. The highest BCUT2D eigenvalue weighted by Crippen LogP contribution is 2.26. The lowest BCUT2D eigenvalue weighted by molar-refractivity contribution is -0.130. The van der Waals surface area contributed by atoms with E-state index in [0.29, 0.717) is 23.9 Å². The topological polar surface area (TPSA) is 36.4 Å². The Hall–Kier alpha value is -2.17. The standard InChI is InChI=1S/C18H20FN3O/c19-14-5-3-13-4-6-17(20-16(13)12-14)21-10-7-15(8-11-21)22-9-1-2-18(22)23/h3-6,12,15H,1-2,7-11H2. The van der Waals surface area contributed by atoms with Crippen molar-refractivity contribution in [1.29, 1.82) is 0 Å². The van der Waals surface area contributed by atoms with Gasteiger partial charge in [-0.15, -0.1) is 0 Å². The number of amides is 1. The quantitative estimate of drug-likeness (QED) is 0.855. The second kappa shape index (κ2) is 5.80. The average Bonchev–Trinajstić information content (AvgIpc) is 3.00. The highest BCUT2D eigenvalue weighted by atomic mass is 19.1. The molecule has 2 aliphatic rings. The number of carbonyl (C=O) groups is 1. The lowest BCUT2D eigenvalue weighted by atomic mass is 10.0. The number of halogens is 1. The van der Waals surface area contributed by atoms with Gasteiger partial charge in [0.2, 0.25) is 5.91 Å². The third-order valence-electron chi connectivity index (χ3n) is 4.98. The Labute approximate surface area is 134 Å². The van der Waals surface area contributed by atoms with Crippen molar-refractivity contribution in [2.45, 2.75) is 31.7 Å². The number of hydrogen-bond donors (Lipinski definition) is 0. The molecule has 0 unspecified atom stereocenters. The zero-order valence-corrected chi connectivity index (χ0v) is 13.0. The zero-order chi connectivity index (χ0) is 15.8. The third kappa shape index (κ3) is 2.76. The minimum atomic E-state index is -0.256. The van der Waals surface area contributed by atoms with E-state index in [1.165, 1.54) is 12.1 Å². The van der Waals surface area contributed by atoms with E-state index in [-0.39, 0.29) is 5.82 Å². The molecule has 0 spiro atoms. The van der Waals surface area contributed by atoms with Gasteiger partial charge in [-0.25, -0.2) is 9.37 Å². The van der Waals surface area contributed by atoms with E-state index in [0.717, 1.165) is 50.1 Å². The minimum Gasteiger partial charge on any atom is -0.356 e. The van der Waals surface area contributed by atoms with Gasteiger partial charge in [0.1, 0.15) is 11.6 Å². The number of fused-ring (bicyclic) bond motifs is 1. The summed E-state index contributed by atoms with van der Waals surface area (Å²) in [5.74, 6) is 0.949. The van der Waals surface area contributed by atoms with Crippen LogP contribution in [0.15, 0.2) is 30.3 Å². The van der Waals surface area contributed by atoms with Gasteiger partial charge in [0.25, 0.3) is 0 Å². The van der Waals surface area contributed by atoms with Gasteiger partial charge in [-0.05, 0) is 43.5 Å². The number of anilines is 1. The van der Waals surface area contributed by atoms with Crippen LogP contribution < -0.4 is 4.90 Å². The molecule has 1 aromatic carbocycles. The maximum atomic E-state index is 13.4. The van der Waals surface area contributed by atoms with Gasteiger partial charge >= 0.3 is 0 Å². The van der Waals surface area contributed by atoms with E-state index in [9.17, 15) is 9.18 Å². The number of nitrogens with zero attached hydrogens (tertiary/aromatic N) is 3. The molecule has 0 saturated carbocycles. The van der Waals surface area contributed by atoms with Gasteiger partial charge in [0, 0.05) is 43.5 Å². The molecular formula is C18H20FN3O. The number of carbonyl (C=O) groups excluding carboxylic acids is 1. The first kappa shape index (κ1) is 14.4. The fourth-order valence-electron chi connectivity index (χ4n) is 3.72. The predicted molar refractivity (Wildman–Crippen MR) is 87.9 cm³/mol. The summed E-state index contributed by atoms with van der Waals surface area (Å²) in [6, 6.07) is 9.07. The number of pyridine rings is 1. The van der Waals surface area contributed by atoms with E-state index < -0.39 is 0 Å². The van der Waals surface area contributed by atoms with Gasteiger partial charge in [0.15, 0.2) is 0 Å². The molecule has 120 valence electrons. The Morgan fingerprint density at radius 3 is 2.61 bits per heavy atom. The molecule has 0 aliphatic carbocycles. The fraction of sp³-hybridized carbons (Fsp3) is 0.444. The molecule has 0 radical (unpaired) electrons. The van der Waals surface area contributed by atoms with Crippen molar-refractivity contribution in [3.8, 4) is 0 Å². The Morgan fingerprint density at radius 2 is 1.87 bits per heavy atom. The molecule has 2 aromatic rings. The first-order chi connectivity index (χ1) is 11.2. The largest absolute Gasteiger partial charge is 0.356 e. The van der Waals surface area contributed by atoms with Crippen LogP contribution in [0.25, 0.3) is 10.9 Å². The van der Waals surface area contributed by atoms with Crippen LogP contribution in [-0.4, -0.2) is 41.5 Å². The Balaban J connectivity index is 1.48. The van der Waals surface area contributed by atoms with E-state index in [1.807, 2.05) is 12.1 Å². The van der Waals surface area contributed by atoms with E-state index >= 15 is 0 Å². The number of aromatic nitrogens is 1. The van der Waals surface area contributed by atoms with Crippen molar-refractivity contribution in [2.75, 3.05) is 24.5 Å². The normalized spacial score (nSPS) is 19.8. The van der Waals surface area contributed by atoms with E-state index in [1.54, 1.807) is 6.07 Å². The third-order valence-corrected chi connectivity index (χ3v) is 4.98. The van der Waals surface area contributed by atoms with Crippen LogP contribution in [0.4, 0.5) is 10.2 Å². The molecule has 1 amide bonds. The number of piperidine rings is 1. The number of rotatable bonds is 2. The average molecular weight is 313 g/mol. The van der Waals surface area contributed by atoms with Crippen LogP contribution in [0.3, 0.4) is 0 Å². The first-order valence-corrected chi connectivity index (χ1v) is 8.31. The summed E-state index contributed by atoms with van der Waals surface area (Å²) >= 11 is 0. The van der Waals surface area contributed by atoms with Crippen LogP contribution in [-0.2, 0) is 4.79 Å². The smallest absolute Gasteiger partial charge is 0.222 e. The van der Waals surface area contributed by atoms with Gasteiger partial charge in [-0.2, -0.15) is 0 Å². The summed E-state index contributed by atoms with van der Waals surface area (Å²) in [7, 11) is 0. The molecule has 23 heavy (non-hydrogen) atoms. The van der Waals surface area contributed by atoms with Crippen LogP contribution in [0.1, 0.15) is 25.7 Å². The van der Waals surface area contributed by atoms with E-state index in [4.69, 9.17) is 0 Å². The van der Waals surface area contributed by atoms with Crippen molar-refractivity contribution in [3.05, 3.63) is 36.1 Å². The molecule has 2 aliphatic heterocycles. The summed E-state index contributed by atoms with van der Waals surface area (Å²) in [6.45, 7) is 2.70. The summed E-state index contributed by atoms with van der Waals surface area (Å²) in [5.41, 5.74) is 0.694. The molecule has 4 rings (SSSR count). The molecule has 2 fully saturated rings. The van der Waals surface area contributed by atoms with Gasteiger partial charge in [-0.3, -0.25) is 4.79 Å². The highest BCUT2D eigenvalue weighted by molar-refractivity contribution is 5.80. The Kier molecular flexibility index (Phi) is 3.63. The summed E-state index contributed by atoms with van der Waals surface area (Å²) in [5, 5.41) is 0.952. The fourth-order valence-corrected chi connectivity index (χ4v) is 3.72. The molecule has 0 N–H and O–H groups in total. The molecule has 3 heterocycles. The maximum absolute atomic E-state index is 13.4. The number of hydrogen-bond acceptors (Lipinski definition) is 3. The van der Waals surface area contributed by atoms with Crippen LogP contribution in [0, 0.1) is 5.82 Å². The van der Waals surface area contributed by atoms with Gasteiger partial charge in [0.05, 0.1) is 5.52 Å². The Bertz CT molecular complexity index is 740. The van der Waals surface area contributed by atoms with E-state index in [2.05, 4.69) is 14.8 Å². The van der Waals surface area contributed by atoms with Gasteiger partial charge < -0.3 is 9.80 Å². The van der Waals surface area contributed by atoms with Crippen molar-refractivity contribution >= 4 is 22.6 Å². The van der Waals surface area contributed by atoms with Crippen molar-refractivity contribution in [2.24, 2.45) is 0 Å². The summed E-state index contributed by atoms with van der Waals surface area (Å²) in [6.07, 6.45) is 3.66. The van der Waals surface area contributed by atoms with Gasteiger partial charge in [-0.1, -0.05) is 0 Å². The summed E-state index contributed by atoms with van der Waals surface area (Å²) < 4.78 is 13.4. The highest BCUT2D eigenvalue weighted by Gasteiger charge is 2.30. The molecule has 0 atom stereocenters. The molecule has 5 heteroatoms. The molecule has 0 bridgehead atoms. The second-order valence-corrected chi connectivity index (χ2v) is 6.42. The zero-order valence-electron chi connectivity index (χ0n) is 13.0. The molecule has 2 saturated heterocycles. The van der Waals surface area contributed by atoms with Crippen LogP contribution in [0.2, 0.25) is 0 Å². The van der Waals surface area contributed by atoms with Crippen molar-refractivity contribution in [1.82, 2.24) is 9.88 Å². The van der Waals surface area contributed by atoms with Crippen LogP contribution in [0.5, 0.6) is 0 Å². The van der Waals surface area contributed by atoms with Crippen molar-refractivity contribution < 1.29 is 9.18 Å². The summed E-state index contributed by atoms with van der Waals surface area (Å²) in [4.78, 5) is 20.8. The Morgan fingerprint density at radius 1 is 1.09 bits per heavy atom. The first-order valence-electron chi connectivity index (χ1n) is 8.31. The molecule has 1 aromatic heterocycles. The minimum absolute atomic E-state index is 0.256. The molecule has 4 nitrogen and oxygen atoms in total.